The zero-order chi connectivity index (χ0) is 31.0. The fraction of sp³-hybridized carbons (Fsp3) is 0.455. The van der Waals surface area contributed by atoms with Crippen molar-refractivity contribution in [3.05, 3.63) is 76.5 Å². The number of piperazine rings is 1. The molecule has 2 aliphatic heterocycles. The van der Waals surface area contributed by atoms with Crippen molar-refractivity contribution in [2.75, 3.05) is 56.6 Å². The second-order valence-corrected chi connectivity index (χ2v) is 12.4. The van der Waals surface area contributed by atoms with Crippen molar-refractivity contribution in [1.82, 2.24) is 19.8 Å². The fourth-order valence-corrected chi connectivity index (χ4v) is 7.23. The van der Waals surface area contributed by atoms with E-state index in [1.165, 1.54) is 4.90 Å². The van der Waals surface area contributed by atoms with Gasteiger partial charge in [-0.2, -0.15) is 9.97 Å². The Labute approximate surface area is 262 Å². The minimum Gasteiger partial charge on any atom is -0.458 e. The van der Waals surface area contributed by atoms with E-state index in [0.717, 1.165) is 59.3 Å². The maximum atomic E-state index is 13.8. The van der Waals surface area contributed by atoms with Crippen LogP contribution in [0.2, 0.25) is 5.02 Å². The number of ether oxygens (including phenoxy) is 1. The molecule has 11 heteroatoms. The molecule has 3 atom stereocenters. The standard InChI is InChI=1S/C33H37ClFN7O2/c1-21(35)32(43)42-17-16-41(19-23(42)18-36-2)31-24-14-15-40(28-12-6-9-22-8-5-10-25(34)30(22)28)20-26(24)37-33(38-31)44-29-13-7-11-27(29)39(3)4/h5-6,8-10,12,23,27,29H,1,7,11,13-20H2,3-4H3/t23-,27-,29+/m0/s1. The Morgan fingerprint density at radius 2 is 1.95 bits per heavy atom. The summed E-state index contributed by atoms with van der Waals surface area (Å²) in [6.45, 7) is 13.1. The van der Waals surface area contributed by atoms with Crippen LogP contribution in [0, 0.1) is 6.57 Å². The molecule has 0 bridgehead atoms. The van der Waals surface area contributed by atoms with Crippen molar-refractivity contribution < 1.29 is 13.9 Å². The number of rotatable bonds is 7. The predicted molar refractivity (Wildman–Crippen MR) is 171 cm³/mol. The van der Waals surface area contributed by atoms with Crippen molar-refractivity contribution in [3.63, 3.8) is 0 Å². The van der Waals surface area contributed by atoms with E-state index >= 15 is 0 Å². The molecule has 0 radical (unpaired) electrons. The normalized spacial score (nSPS) is 21.8. The number of halogens is 2. The third kappa shape index (κ3) is 5.78. The smallest absolute Gasteiger partial charge is 0.319 e. The summed E-state index contributed by atoms with van der Waals surface area (Å²) in [6, 6.07) is 12.3. The first-order chi connectivity index (χ1) is 21.2. The Kier molecular flexibility index (Phi) is 8.61. The van der Waals surface area contributed by atoms with Gasteiger partial charge >= 0.3 is 6.01 Å². The molecule has 6 rings (SSSR count). The highest BCUT2D eigenvalue weighted by Crippen LogP contribution is 2.38. The Morgan fingerprint density at radius 3 is 2.70 bits per heavy atom. The summed E-state index contributed by atoms with van der Waals surface area (Å²) in [5, 5.41) is 2.81. The number of nitrogens with zero attached hydrogens (tertiary/aromatic N) is 7. The van der Waals surface area contributed by atoms with E-state index in [-0.39, 0.29) is 25.2 Å². The summed E-state index contributed by atoms with van der Waals surface area (Å²) >= 11 is 6.70. The Bertz CT molecular complexity index is 1620. The van der Waals surface area contributed by atoms with E-state index in [9.17, 15) is 9.18 Å². The maximum absolute atomic E-state index is 13.8. The van der Waals surface area contributed by atoms with Gasteiger partial charge in [-0.25, -0.2) is 11.0 Å². The highest BCUT2D eigenvalue weighted by Gasteiger charge is 2.37. The lowest BCUT2D eigenvalue weighted by molar-refractivity contribution is -0.131. The quantitative estimate of drug-likeness (QED) is 0.269. The van der Waals surface area contributed by atoms with Crippen LogP contribution in [0.1, 0.15) is 30.5 Å². The number of aromatic nitrogens is 2. The van der Waals surface area contributed by atoms with Gasteiger partial charge in [-0.3, -0.25) is 4.79 Å². The van der Waals surface area contributed by atoms with Crippen LogP contribution in [0.5, 0.6) is 6.01 Å². The van der Waals surface area contributed by atoms with E-state index in [0.29, 0.717) is 37.1 Å². The van der Waals surface area contributed by atoms with Crippen LogP contribution in [0.15, 0.2) is 48.8 Å². The number of benzene rings is 2. The van der Waals surface area contributed by atoms with Crippen LogP contribution in [-0.2, 0) is 17.8 Å². The molecule has 2 fully saturated rings. The lowest BCUT2D eigenvalue weighted by atomic mass is 10.0. The zero-order valence-electron chi connectivity index (χ0n) is 25.2. The summed E-state index contributed by atoms with van der Waals surface area (Å²) in [5.41, 5.74) is 2.98. The highest BCUT2D eigenvalue weighted by molar-refractivity contribution is 6.36. The molecule has 3 heterocycles. The Morgan fingerprint density at radius 1 is 1.16 bits per heavy atom. The third-order valence-electron chi connectivity index (χ3n) is 9.11. The molecule has 0 N–H and O–H groups in total. The lowest BCUT2D eigenvalue weighted by Gasteiger charge is -2.41. The molecule has 0 spiro atoms. The van der Waals surface area contributed by atoms with Crippen LogP contribution < -0.4 is 14.5 Å². The lowest BCUT2D eigenvalue weighted by Crippen LogP contribution is -2.57. The van der Waals surface area contributed by atoms with E-state index in [1.807, 2.05) is 12.1 Å². The number of likely N-dealkylation sites (N-methyl/N-ethyl adjacent to an activating group) is 1. The van der Waals surface area contributed by atoms with Crippen LogP contribution >= 0.6 is 11.6 Å². The second kappa shape index (κ2) is 12.6. The first-order valence-electron chi connectivity index (χ1n) is 15.1. The SMILES string of the molecule is [C-]#[N+]C[C@H]1CN(c2nc(O[C@@H]3CCC[C@@H]3N(C)C)nc3c2CCN(c2cccc4cccc(Cl)c24)C3)CCN1C(=O)C(=C)F. The molecule has 2 aromatic carbocycles. The Hall–Kier alpha value is -3.94. The van der Waals surface area contributed by atoms with Crippen molar-refractivity contribution in [2.24, 2.45) is 0 Å². The van der Waals surface area contributed by atoms with Gasteiger partial charge in [-0.05, 0) is 57.3 Å². The van der Waals surface area contributed by atoms with Gasteiger partial charge in [0.2, 0.25) is 6.54 Å². The number of anilines is 2. The monoisotopic (exact) mass is 617 g/mol. The molecule has 3 aromatic rings. The number of carbonyl (C=O) groups excluding carboxylic acids is 1. The topological polar surface area (TPSA) is 69.4 Å². The van der Waals surface area contributed by atoms with E-state index in [4.69, 9.17) is 32.9 Å². The summed E-state index contributed by atoms with van der Waals surface area (Å²) in [6.07, 6.45) is 3.74. The fourth-order valence-electron chi connectivity index (χ4n) is 6.95. The van der Waals surface area contributed by atoms with Gasteiger partial charge in [-0.15, -0.1) is 0 Å². The third-order valence-corrected chi connectivity index (χ3v) is 9.43. The summed E-state index contributed by atoms with van der Waals surface area (Å²) in [7, 11) is 4.14. The van der Waals surface area contributed by atoms with E-state index in [2.05, 4.69) is 64.5 Å². The van der Waals surface area contributed by atoms with Gasteiger partial charge in [0.05, 0.1) is 17.3 Å². The first kappa shape index (κ1) is 30.1. The van der Waals surface area contributed by atoms with Gasteiger partial charge in [0.15, 0.2) is 5.83 Å². The molecule has 9 nitrogen and oxygen atoms in total. The maximum Gasteiger partial charge on any atom is 0.319 e. The van der Waals surface area contributed by atoms with Crippen LogP contribution in [0.25, 0.3) is 15.6 Å². The minimum atomic E-state index is -1.01. The molecular formula is C33H37ClFN7O2. The van der Waals surface area contributed by atoms with Gasteiger partial charge in [0.25, 0.3) is 5.91 Å². The van der Waals surface area contributed by atoms with Gasteiger partial charge in [0.1, 0.15) is 18.0 Å². The van der Waals surface area contributed by atoms with Gasteiger partial charge in [-0.1, -0.05) is 42.4 Å². The van der Waals surface area contributed by atoms with Crippen LogP contribution in [0.4, 0.5) is 15.9 Å². The highest BCUT2D eigenvalue weighted by atomic mass is 35.5. The predicted octanol–water partition coefficient (Wildman–Crippen LogP) is 5.13. The van der Waals surface area contributed by atoms with Crippen molar-refractivity contribution >= 4 is 39.8 Å². The molecule has 230 valence electrons. The average Bonchev–Trinajstić information content (AvgIpc) is 3.48. The second-order valence-electron chi connectivity index (χ2n) is 12.0. The van der Waals surface area contributed by atoms with E-state index < -0.39 is 17.8 Å². The number of carbonyl (C=O) groups is 1. The molecule has 3 aliphatic rings. The molecule has 0 unspecified atom stereocenters. The number of hydrogen-bond acceptors (Lipinski definition) is 7. The van der Waals surface area contributed by atoms with Crippen molar-refractivity contribution in [1.29, 1.82) is 0 Å². The van der Waals surface area contributed by atoms with Crippen molar-refractivity contribution in [2.45, 2.75) is 50.4 Å². The zero-order valence-corrected chi connectivity index (χ0v) is 25.9. The average molecular weight is 618 g/mol. The molecule has 1 amide bonds. The molecule has 44 heavy (non-hydrogen) atoms. The molecule has 1 aromatic heterocycles. The molecule has 1 aliphatic carbocycles. The largest absolute Gasteiger partial charge is 0.458 e. The number of amides is 1. The number of hydrogen-bond donors (Lipinski definition) is 0. The first-order valence-corrected chi connectivity index (χ1v) is 15.5. The van der Waals surface area contributed by atoms with Gasteiger partial charge < -0.3 is 29.2 Å². The summed E-state index contributed by atoms with van der Waals surface area (Å²) < 4.78 is 20.4. The molecular weight excluding hydrogens is 581 g/mol. The Balaban J connectivity index is 1.37. The van der Waals surface area contributed by atoms with Gasteiger partial charge in [0, 0.05) is 48.9 Å². The summed E-state index contributed by atoms with van der Waals surface area (Å²) in [5.74, 6) is -1.00. The van der Waals surface area contributed by atoms with Crippen molar-refractivity contribution in [3.8, 4) is 6.01 Å². The van der Waals surface area contributed by atoms with Crippen LogP contribution in [-0.4, -0.2) is 90.7 Å². The summed E-state index contributed by atoms with van der Waals surface area (Å²) in [4.78, 5) is 34.1. The minimum absolute atomic E-state index is 0.0210. The molecule has 1 saturated carbocycles. The molecule has 1 saturated heterocycles. The van der Waals surface area contributed by atoms with E-state index in [1.54, 1.807) is 0 Å². The number of fused-ring (bicyclic) bond motifs is 2. The van der Waals surface area contributed by atoms with Crippen LogP contribution in [0.3, 0.4) is 0 Å².